The maximum Gasteiger partial charge on any atom is 0.431 e. The van der Waals surface area contributed by atoms with Crippen LogP contribution in [0, 0.1) is 0 Å². The third kappa shape index (κ3) is 11.7. The van der Waals surface area contributed by atoms with Gasteiger partial charge in [-0.15, -0.1) is 0 Å². The molecule has 0 spiro atoms. The van der Waals surface area contributed by atoms with E-state index in [1.54, 1.807) is 32.4 Å². The zero-order valence-electron chi connectivity index (χ0n) is 32.0. The molecular weight excluding hydrogens is 797 g/mol. The van der Waals surface area contributed by atoms with E-state index >= 15 is 0 Å². The first kappa shape index (κ1) is 43.1. The largest absolute Gasteiger partial charge is 0.497 e. The molecule has 3 heterocycles. The third-order valence-corrected chi connectivity index (χ3v) is 9.38. The van der Waals surface area contributed by atoms with Crippen LogP contribution in [-0.4, -0.2) is 73.6 Å². The number of aromatic nitrogens is 3. The van der Waals surface area contributed by atoms with Crippen molar-refractivity contribution in [3.05, 3.63) is 87.8 Å². The Morgan fingerprint density at radius 2 is 1.05 bits per heavy atom. The summed E-state index contributed by atoms with van der Waals surface area (Å²) in [7, 11) is 4.76. The van der Waals surface area contributed by atoms with E-state index < -0.39 is 11.9 Å². The minimum Gasteiger partial charge on any atom is -0.497 e. The number of methoxy groups -OCH3 is 3. The van der Waals surface area contributed by atoms with Crippen LogP contribution in [-0.2, 0) is 39.8 Å². The third-order valence-electron chi connectivity index (χ3n) is 8.70. The average Bonchev–Trinajstić information content (AvgIpc) is 3.83. The second-order valence-corrected chi connectivity index (χ2v) is 13.4. The number of fused-ring (bicyclic) bond motifs is 3. The van der Waals surface area contributed by atoms with Gasteiger partial charge in [0.15, 0.2) is 0 Å². The first-order chi connectivity index (χ1) is 26.6. The smallest absolute Gasteiger partial charge is 0.431 e. The molecule has 0 fully saturated rings. The molecule has 0 aliphatic heterocycles. The van der Waals surface area contributed by atoms with E-state index in [2.05, 4.69) is 46.8 Å². The summed E-state index contributed by atoms with van der Waals surface area (Å²) >= 11 is 3.51. The molecule has 0 radical (unpaired) electrons. The fourth-order valence-corrected chi connectivity index (χ4v) is 6.64. The molecule has 6 N–H and O–H groups in total. The molecule has 0 bridgehead atoms. The van der Waals surface area contributed by atoms with Gasteiger partial charge >= 0.3 is 6.18 Å². The standard InChI is InChI=1S/C14H15F3N2O2.C13H15BrN2O2.C13H16N2O2/c1-8(20)18-6-5-10-11-7-9(21-2)3-4-12(11)19-13(10)14(15,16)17;1-8(17)15-6-5-10-11-7-9(18-2)3-4-12(11)16-13(10)14;1-9(16)14-6-5-10-8-15-13-4-3-11(17-2)7-12(10)13/h3-4,7,19H,5-6H2,1-2H3,(H,18,20);3-4,7,16H,5-6H2,1-2H3,(H,15,17);3-4,7-8,15H,5-6H2,1-2H3,(H,14,16). The first-order valence-corrected chi connectivity index (χ1v) is 18.4. The SMILES string of the molecule is COc1ccc2[nH]c(Br)c(CCNC(C)=O)c2c1.COc1ccc2[nH]c(C(F)(F)F)c(CCNC(C)=O)c2c1.COc1ccc2[nH]cc(CCNC(C)=O)c2c1. The molecular formula is C40H46BrF3N6O6. The van der Waals surface area contributed by atoms with E-state index in [1.165, 1.54) is 33.4 Å². The van der Waals surface area contributed by atoms with Crippen LogP contribution in [0.5, 0.6) is 17.2 Å². The molecule has 6 aromatic rings. The lowest BCUT2D eigenvalue weighted by Crippen LogP contribution is -2.23. The van der Waals surface area contributed by atoms with Crippen molar-refractivity contribution >= 4 is 66.4 Å². The minimum atomic E-state index is -4.47. The summed E-state index contributed by atoms with van der Waals surface area (Å²) in [5.74, 6) is 1.87. The quantitative estimate of drug-likeness (QED) is 0.0756. The van der Waals surface area contributed by atoms with E-state index in [-0.39, 0.29) is 36.3 Å². The van der Waals surface area contributed by atoms with Crippen molar-refractivity contribution in [2.45, 2.75) is 46.2 Å². The highest BCUT2D eigenvalue weighted by Crippen LogP contribution is 2.37. The van der Waals surface area contributed by atoms with Crippen molar-refractivity contribution in [2.24, 2.45) is 0 Å². The number of H-pyrrole nitrogens is 3. The molecule has 12 nitrogen and oxygen atoms in total. The molecule has 300 valence electrons. The Morgan fingerprint density at radius 1 is 0.625 bits per heavy atom. The van der Waals surface area contributed by atoms with Crippen LogP contribution in [0.25, 0.3) is 32.7 Å². The predicted molar refractivity (Wildman–Crippen MR) is 214 cm³/mol. The molecule has 16 heteroatoms. The van der Waals surface area contributed by atoms with Crippen molar-refractivity contribution < 1.29 is 41.8 Å². The highest BCUT2D eigenvalue weighted by Gasteiger charge is 2.36. The maximum atomic E-state index is 13.1. The van der Waals surface area contributed by atoms with Gasteiger partial charge in [0.2, 0.25) is 17.7 Å². The molecule has 0 aliphatic rings. The number of amides is 3. The summed E-state index contributed by atoms with van der Waals surface area (Å²) in [4.78, 5) is 41.4. The molecule has 3 amide bonds. The van der Waals surface area contributed by atoms with Crippen molar-refractivity contribution in [1.82, 2.24) is 30.9 Å². The van der Waals surface area contributed by atoms with Gasteiger partial charge in [-0.05, 0) is 106 Å². The number of hydrogen-bond acceptors (Lipinski definition) is 6. The number of benzene rings is 3. The molecule has 6 rings (SSSR count). The average molecular weight is 844 g/mol. The van der Waals surface area contributed by atoms with Crippen molar-refractivity contribution in [3.63, 3.8) is 0 Å². The number of carbonyl (C=O) groups excluding carboxylic acids is 3. The van der Waals surface area contributed by atoms with Crippen molar-refractivity contribution in [3.8, 4) is 17.2 Å². The van der Waals surface area contributed by atoms with Crippen molar-refractivity contribution in [1.29, 1.82) is 0 Å². The van der Waals surface area contributed by atoms with Gasteiger partial charge in [0.05, 0.1) is 25.9 Å². The van der Waals surface area contributed by atoms with Gasteiger partial charge in [0, 0.05) is 79.3 Å². The number of halogens is 4. The van der Waals surface area contributed by atoms with Crippen molar-refractivity contribution in [2.75, 3.05) is 41.0 Å². The highest BCUT2D eigenvalue weighted by atomic mass is 79.9. The minimum absolute atomic E-state index is 0.00224. The lowest BCUT2D eigenvalue weighted by Gasteiger charge is -2.09. The first-order valence-electron chi connectivity index (χ1n) is 17.6. The van der Waals surface area contributed by atoms with Crippen LogP contribution in [0.2, 0.25) is 0 Å². The summed E-state index contributed by atoms with van der Waals surface area (Å²) in [6.07, 6.45) is -0.828. The van der Waals surface area contributed by atoms with Crippen LogP contribution < -0.4 is 30.2 Å². The topological polar surface area (TPSA) is 162 Å². The highest BCUT2D eigenvalue weighted by molar-refractivity contribution is 9.10. The second-order valence-electron chi connectivity index (χ2n) is 12.6. The van der Waals surface area contributed by atoms with Crippen LogP contribution in [0.3, 0.4) is 0 Å². The summed E-state index contributed by atoms with van der Waals surface area (Å²) in [5, 5.41) is 10.8. The van der Waals surface area contributed by atoms with Gasteiger partial charge in [0.25, 0.3) is 0 Å². The maximum absolute atomic E-state index is 13.1. The lowest BCUT2D eigenvalue weighted by molar-refractivity contribution is -0.141. The summed E-state index contributed by atoms with van der Waals surface area (Å²) in [6, 6.07) is 16.5. The molecule has 3 aromatic heterocycles. The Morgan fingerprint density at radius 3 is 1.54 bits per heavy atom. The molecule has 0 atom stereocenters. The molecule has 0 saturated carbocycles. The van der Waals surface area contributed by atoms with E-state index in [0.717, 1.165) is 56.3 Å². The number of ether oxygens (including phenoxy) is 3. The number of nitrogens with one attached hydrogen (secondary N) is 6. The molecule has 0 saturated heterocycles. The zero-order chi connectivity index (χ0) is 41.0. The number of aromatic amines is 3. The lowest BCUT2D eigenvalue weighted by atomic mass is 10.1. The van der Waals surface area contributed by atoms with E-state index in [1.807, 2.05) is 42.6 Å². The van der Waals surface area contributed by atoms with Gasteiger partial charge in [-0.2, -0.15) is 13.2 Å². The van der Waals surface area contributed by atoms with Gasteiger partial charge in [-0.1, -0.05) is 0 Å². The fourth-order valence-electron chi connectivity index (χ4n) is 6.01. The molecule has 56 heavy (non-hydrogen) atoms. The second kappa shape index (κ2) is 19.8. The molecule has 0 unspecified atom stereocenters. The van der Waals surface area contributed by atoms with Crippen LogP contribution in [0.1, 0.15) is 43.2 Å². The van der Waals surface area contributed by atoms with Crippen LogP contribution in [0.4, 0.5) is 13.2 Å². The van der Waals surface area contributed by atoms with Crippen LogP contribution >= 0.6 is 15.9 Å². The predicted octanol–water partition coefficient (Wildman–Crippen LogP) is 7.35. The fraction of sp³-hybridized carbons (Fsp3) is 0.325. The summed E-state index contributed by atoms with van der Waals surface area (Å²) in [5.41, 5.74) is 4.22. The number of hydrogen-bond donors (Lipinski definition) is 6. The zero-order valence-corrected chi connectivity index (χ0v) is 33.6. The summed E-state index contributed by atoms with van der Waals surface area (Å²) in [6.45, 7) is 5.79. The number of rotatable bonds is 12. The normalized spacial score (nSPS) is 11.0. The molecule has 3 aromatic carbocycles. The Labute approximate surface area is 330 Å². The Hall–Kier alpha value is -5.64. The van der Waals surface area contributed by atoms with Gasteiger partial charge < -0.3 is 45.1 Å². The number of carbonyl (C=O) groups is 3. The Kier molecular flexibility index (Phi) is 15.2. The molecule has 0 aliphatic carbocycles. The van der Waals surface area contributed by atoms with E-state index in [0.29, 0.717) is 29.7 Å². The Bertz CT molecular complexity index is 2280. The van der Waals surface area contributed by atoms with Gasteiger partial charge in [-0.3, -0.25) is 14.4 Å². The van der Waals surface area contributed by atoms with Crippen LogP contribution in [0.15, 0.2) is 65.4 Å². The summed E-state index contributed by atoms with van der Waals surface area (Å²) < 4.78 is 55.8. The van der Waals surface area contributed by atoms with E-state index in [4.69, 9.17) is 14.2 Å². The monoisotopic (exact) mass is 842 g/mol. The van der Waals surface area contributed by atoms with E-state index in [9.17, 15) is 27.6 Å². The van der Waals surface area contributed by atoms with Gasteiger partial charge in [0.1, 0.15) is 22.9 Å². The Balaban J connectivity index is 0.000000188. The number of alkyl halides is 3. The van der Waals surface area contributed by atoms with Gasteiger partial charge in [-0.25, -0.2) is 0 Å².